The van der Waals surface area contributed by atoms with Crippen LogP contribution in [0.15, 0.2) is 24.3 Å². The molecule has 0 aromatic heterocycles. The molecule has 0 spiro atoms. The third-order valence-corrected chi connectivity index (χ3v) is 4.11. The van der Waals surface area contributed by atoms with Gasteiger partial charge < -0.3 is 5.11 Å². The average Bonchev–Trinajstić information content (AvgIpc) is 2.47. The highest BCUT2D eigenvalue weighted by Gasteiger charge is 2.10. The molecule has 1 atom stereocenters. The van der Waals surface area contributed by atoms with Crippen molar-refractivity contribution < 1.29 is 9.90 Å². The molecule has 0 saturated heterocycles. The Hall–Kier alpha value is -1.35. The molecule has 0 aliphatic carbocycles. The number of benzene rings is 1. The lowest BCUT2D eigenvalue weighted by Gasteiger charge is -2.24. The highest BCUT2D eigenvalue weighted by Crippen LogP contribution is 2.13. The number of carbonyl (C=O) groups is 1. The number of carboxylic acids is 1. The van der Waals surface area contributed by atoms with Gasteiger partial charge in [-0.2, -0.15) is 0 Å². The van der Waals surface area contributed by atoms with Gasteiger partial charge in [-0.05, 0) is 38.1 Å². The van der Waals surface area contributed by atoms with Gasteiger partial charge in [0, 0.05) is 12.6 Å². The predicted octanol–water partition coefficient (Wildman–Crippen LogP) is 4.57. The van der Waals surface area contributed by atoms with Crippen LogP contribution in [-0.4, -0.2) is 29.1 Å². The Morgan fingerprint density at radius 3 is 2.33 bits per heavy atom. The van der Waals surface area contributed by atoms with Crippen molar-refractivity contribution in [1.82, 2.24) is 4.90 Å². The van der Waals surface area contributed by atoms with E-state index in [0.29, 0.717) is 11.6 Å². The second-order valence-electron chi connectivity index (χ2n) is 5.97. The van der Waals surface area contributed by atoms with Crippen molar-refractivity contribution in [1.29, 1.82) is 0 Å². The monoisotopic (exact) mass is 291 g/mol. The van der Waals surface area contributed by atoms with Crippen LogP contribution in [0.3, 0.4) is 0 Å². The van der Waals surface area contributed by atoms with Crippen LogP contribution in [0.1, 0.15) is 68.3 Å². The maximum atomic E-state index is 10.8. The van der Waals surface area contributed by atoms with E-state index in [1.54, 1.807) is 12.1 Å². The second kappa shape index (κ2) is 9.56. The van der Waals surface area contributed by atoms with Crippen molar-refractivity contribution >= 4 is 5.97 Å². The van der Waals surface area contributed by atoms with E-state index in [0.717, 1.165) is 6.54 Å². The van der Waals surface area contributed by atoms with Crippen LogP contribution < -0.4 is 0 Å². The van der Waals surface area contributed by atoms with Crippen LogP contribution in [0.5, 0.6) is 0 Å². The molecule has 0 bridgehead atoms. The summed E-state index contributed by atoms with van der Waals surface area (Å²) in [5, 5.41) is 8.89. The molecule has 3 nitrogen and oxygen atoms in total. The molecule has 0 saturated carbocycles. The van der Waals surface area contributed by atoms with E-state index < -0.39 is 5.97 Å². The fourth-order valence-corrected chi connectivity index (χ4v) is 2.46. The van der Waals surface area contributed by atoms with E-state index in [2.05, 4.69) is 25.8 Å². The molecule has 0 amide bonds. The summed E-state index contributed by atoms with van der Waals surface area (Å²) >= 11 is 0. The van der Waals surface area contributed by atoms with E-state index in [9.17, 15) is 4.79 Å². The van der Waals surface area contributed by atoms with E-state index in [4.69, 9.17) is 5.11 Å². The number of carboxylic acid groups (broad SMARTS) is 1. The molecule has 118 valence electrons. The van der Waals surface area contributed by atoms with Crippen molar-refractivity contribution in [2.75, 3.05) is 7.05 Å². The van der Waals surface area contributed by atoms with Gasteiger partial charge in [0.05, 0.1) is 5.56 Å². The van der Waals surface area contributed by atoms with Crippen LogP contribution >= 0.6 is 0 Å². The minimum absolute atomic E-state index is 0.352. The molecule has 21 heavy (non-hydrogen) atoms. The maximum Gasteiger partial charge on any atom is 0.335 e. The van der Waals surface area contributed by atoms with Crippen molar-refractivity contribution in [2.45, 2.75) is 65.0 Å². The van der Waals surface area contributed by atoms with E-state index in [-0.39, 0.29) is 0 Å². The summed E-state index contributed by atoms with van der Waals surface area (Å²) in [5.41, 5.74) is 1.52. The Morgan fingerprint density at radius 2 is 1.76 bits per heavy atom. The lowest BCUT2D eigenvalue weighted by Crippen LogP contribution is -2.28. The molecule has 0 heterocycles. The van der Waals surface area contributed by atoms with Crippen LogP contribution in [0, 0.1) is 0 Å². The molecule has 1 aromatic rings. The predicted molar refractivity (Wildman–Crippen MR) is 87.7 cm³/mol. The van der Waals surface area contributed by atoms with E-state index in [1.165, 1.54) is 44.1 Å². The number of rotatable bonds is 10. The topological polar surface area (TPSA) is 40.5 Å². The Bertz CT molecular complexity index is 414. The summed E-state index contributed by atoms with van der Waals surface area (Å²) in [4.78, 5) is 13.2. The number of unbranched alkanes of at least 4 members (excludes halogenated alkanes) is 4. The minimum Gasteiger partial charge on any atom is -0.478 e. The van der Waals surface area contributed by atoms with Crippen molar-refractivity contribution in [3.63, 3.8) is 0 Å². The van der Waals surface area contributed by atoms with E-state index in [1.807, 2.05) is 12.1 Å². The zero-order valence-corrected chi connectivity index (χ0v) is 13.6. The van der Waals surface area contributed by atoms with E-state index >= 15 is 0 Å². The summed E-state index contributed by atoms with van der Waals surface area (Å²) in [7, 11) is 2.14. The minimum atomic E-state index is -0.865. The maximum absolute atomic E-state index is 10.8. The number of hydrogen-bond donors (Lipinski definition) is 1. The van der Waals surface area contributed by atoms with Gasteiger partial charge in [0.25, 0.3) is 0 Å². The van der Waals surface area contributed by atoms with Crippen molar-refractivity contribution in [3.05, 3.63) is 35.4 Å². The first-order valence-electron chi connectivity index (χ1n) is 8.07. The summed E-state index contributed by atoms with van der Waals surface area (Å²) < 4.78 is 0. The Labute approximate surface area is 129 Å². The molecular weight excluding hydrogens is 262 g/mol. The largest absolute Gasteiger partial charge is 0.478 e. The smallest absolute Gasteiger partial charge is 0.335 e. The average molecular weight is 291 g/mol. The van der Waals surface area contributed by atoms with Gasteiger partial charge in [0.1, 0.15) is 0 Å². The third-order valence-electron chi connectivity index (χ3n) is 4.11. The Kier molecular flexibility index (Phi) is 8.06. The first-order chi connectivity index (χ1) is 10.0. The zero-order valence-electron chi connectivity index (χ0n) is 13.6. The highest BCUT2D eigenvalue weighted by molar-refractivity contribution is 5.87. The van der Waals surface area contributed by atoms with Gasteiger partial charge in [-0.3, -0.25) is 4.90 Å². The van der Waals surface area contributed by atoms with Crippen LogP contribution in [0.4, 0.5) is 0 Å². The van der Waals surface area contributed by atoms with Crippen molar-refractivity contribution in [3.8, 4) is 0 Å². The van der Waals surface area contributed by atoms with Gasteiger partial charge in [-0.15, -0.1) is 0 Å². The Morgan fingerprint density at radius 1 is 1.14 bits per heavy atom. The quantitative estimate of drug-likeness (QED) is 0.642. The molecular formula is C18H29NO2. The summed E-state index contributed by atoms with van der Waals surface area (Å²) in [6, 6.07) is 7.75. The highest BCUT2D eigenvalue weighted by atomic mass is 16.4. The second-order valence-corrected chi connectivity index (χ2v) is 5.97. The molecule has 0 fully saturated rings. The van der Waals surface area contributed by atoms with Crippen LogP contribution in [-0.2, 0) is 6.54 Å². The molecule has 0 radical (unpaired) electrons. The first-order valence-corrected chi connectivity index (χ1v) is 8.07. The molecule has 1 N–H and O–H groups in total. The summed E-state index contributed by atoms with van der Waals surface area (Å²) in [6.45, 7) is 5.38. The Balaban J connectivity index is 2.34. The molecule has 1 aromatic carbocycles. The normalized spacial score (nSPS) is 12.6. The fraction of sp³-hybridized carbons (Fsp3) is 0.611. The summed E-state index contributed by atoms with van der Waals surface area (Å²) in [5.74, 6) is -0.865. The number of hydrogen-bond acceptors (Lipinski definition) is 2. The zero-order chi connectivity index (χ0) is 15.7. The van der Waals surface area contributed by atoms with Gasteiger partial charge in [-0.1, -0.05) is 51.2 Å². The SMILES string of the molecule is CCCCCCCC(C)N(C)Cc1ccc(C(=O)O)cc1. The lowest BCUT2D eigenvalue weighted by molar-refractivity contribution is 0.0697. The molecule has 1 unspecified atom stereocenters. The third kappa shape index (κ3) is 6.76. The number of nitrogens with zero attached hydrogens (tertiary/aromatic N) is 1. The fourth-order valence-electron chi connectivity index (χ4n) is 2.46. The lowest BCUT2D eigenvalue weighted by atomic mass is 10.1. The van der Waals surface area contributed by atoms with Gasteiger partial charge in [0.2, 0.25) is 0 Å². The van der Waals surface area contributed by atoms with Gasteiger partial charge in [0.15, 0.2) is 0 Å². The van der Waals surface area contributed by atoms with Gasteiger partial charge in [-0.25, -0.2) is 4.79 Å². The first kappa shape index (κ1) is 17.7. The standard InChI is InChI=1S/C18H29NO2/c1-4-5-6-7-8-9-15(2)19(3)14-16-10-12-17(13-11-16)18(20)21/h10-13,15H,4-9,14H2,1-3H3,(H,20,21). The van der Waals surface area contributed by atoms with Gasteiger partial charge >= 0.3 is 5.97 Å². The summed E-state index contributed by atoms with van der Waals surface area (Å²) in [6.07, 6.45) is 7.85. The van der Waals surface area contributed by atoms with Crippen LogP contribution in [0.25, 0.3) is 0 Å². The molecule has 1 rings (SSSR count). The molecule has 3 heteroatoms. The number of aromatic carboxylic acids is 1. The molecule has 0 aliphatic heterocycles. The molecule has 0 aliphatic rings. The van der Waals surface area contributed by atoms with Crippen LogP contribution in [0.2, 0.25) is 0 Å². The van der Waals surface area contributed by atoms with Crippen molar-refractivity contribution in [2.24, 2.45) is 0 Å².